The van der Waals surface area contributed by atoms with Gasteiger partial charge in [0.1, 0.15) is 11.5 Å². The van der Waals surface area contributed by atoms with Crippen LogP contribution in [0, 0.1) is 0 Å². The van der Waals surface area contributed by atoms with Gasteiger partial charge in [-0.2, -0.15) is 4.99 Å². The van der Waals surface area contributed by atoms with Crippen LogP contribution in [0.3, 0.4) is 0 Å². The number of aromatic nitrogens is 1. The summed E-state index contributed by atoms with van der Waals surface area (Å²) in [5, 5.41) is 0. The summed E-state index contributed by atoms with van der Waals surface area (Å²) < 4.78 is 15.1. The highest BCUT2D eigenvalue weighted by atomic mass is 79.9. The molecule has 0 spiro atoms. The van der Waals surface area contributed by atoms with Crippen molar-refractivity contribution in [2.75, 3.05) is 13.7 Å². The number of hydrogen-bond acceptors (Lipinski definition) is 4. The third kappa shape index (κ3) is 4.70. The monoisotopic (exact) mass is 482 g/mol. The van der Waals surface area contributed by atoms with E-state index >= 15 is 0 Å². The SMILES string of the molecule is COCCn1c(=NC(=O)c2cccc(Oc3ccccc3)c2)sc2cc(Br)ccc21. The second-order valence-corrected chi connectivity index (χ2v) is 8.43. The molecule has 0 N–H and O–H groups in total. The number of amides is 1. The average molecular weight is 483 g/mol. The summed E-state index contributed by atoms with van der Waals surface area (Å²) in [5.74, 6) is 0.992. The van der Waals surface area contributed by atoms with Crippen molar-refractivity contribution in [3.05, 3.63) is 87.6 Å². The minimum Gasteiger partial charge on any atom is -0.457 e. The van der Waals surface area contributed by atoms with E-state index in [1.165, 1.54) is 11.3 Å². The number of benzene rings is 3. The number of ether oxygens (including phenoxy) is 2. The standard InChI is InChI=1S/C23H19BrN2O3S/c1-28-13-12-26-20-11-10-17(24)15-21(20)30-23(26)25-22(27)16-6-5-9-19(14-16)29-18-7-3-2-4-8-18/h2-11,14-15H,12-13H2,1H3. The van der Waals surface area contributed by atoms with E-state index in [-0.39, 0.29) is 5.91 Å². The van der Waals surface area contributed by atoms with Gasteiger partial charge in [-0.1, -0.05) is 51.5 Å². The predicted molar refractivity (Wildman–Crippen MR) is 122 cm³/mol. The molecule has 0 saturated heterocycles. The number of para-hydroxylation sites is 1. The molecule has 30 heavy (non-hydrogen) atoms. The van der Waals surface area contributed by atoms with Gasteiger partial charge < -0.3 is 14.0 Å². The molecule has 0 aliphatic rings. The van der Waals surface area contributed by atoms with E-state index in [1.54, 1.807) is 25.3 Å². The summed E-state index contributed by atoms with van der Waals surface area (Å²) in [6.45, 7) is 1.14. The van der Waals surface area contributed by atoms with Crippen LogP contribution in [0.25, 0.3) is 10.2 Å². The Balaban J connectivity index is 1.68. The number of hydrogen-bond donors (Lipinski definition) is 0. The maximum absolute atomic E-state index is 12.9. The number of fused-ring (bicyclic) bond motifs is 1. The van der Waals surface area contributed by atoms with Crippen molar-refractivity contribution in [2.45, 2.75) is 6.54 Å². The first-order chi connectivity index (χ1) is 14.6. The fraction of sp³-hybridized carbons (Fsp3) is 0.130. The number of rotatable bonds is 6. The fourth-order valence-corrected chi connectivity index (χ4v) is 4.61. The van der Waals surface area contributed by atoms with Gasteiger partial charge in [0.05, 0.1) is 16.8 Å². The van der Waals surface area contributed by atoms with E-state index in [1.807, 2.05) is 59.2 Å². The van der Waals surface area contributed by atoms with Gasteiger partial charge in [-0.3, -0.25) is 4.79 Å². The van der Waals surface area contributed by atoms with Crippen LogP contribution >= 0.6 is 27.3 Å². The average Bonchev–Trinajstić information content (AvgIpc) is 3.09. The van der Waals surface area contributed by atoms with Gasteiger partial charge in [0, 0.05) is 23.7 Å². The number of nitrogens with zero attached hydrogens (tertiary/aromatic N) is 2. The van der Waals surface area contributed by atoms with Gasteiger partial charge in [-0.15, -0.1) is 0 Å². The number of thiazole rings is 1. The largest absolute Gasteiger partial charge is 0.457 e. The molecule has 1 aromatic heterocycles. The molecule has 0 atom stereocenters. The Labute approximate surface area is 186 Å². The normalized spacial score (nSPS) is 11.7. The molecular formula is C23H19BrN2O3S. The Morgan fingerprint density at radius 2 is 1.83 bits per heavy atom. The Morgan fingerprint density at radius 1 is 1.03 bits per heavy atom. The number of methoxy groups -OCH3 is 1. The highest BCUT2D eigenvalue weighted by Gasteiger charge is 2.11. The molecule has 4 rings (SSSR count). The maximum Gasteiger partial charge on any atom is 0.279 e. The van der Waals surface area contributed by atoms with Crippen molar-refractivity contribution in [1.82, 2.24) is 4.57 Å². The Hall–Kier alpha value is -2.74. The summed E-state index contributed by atoms with van der Waals surface area (Å²) in [4.78, 5) is 18.0. The van der Waals surface area contributed by atoms with E-state index in [4.69, 9.17) is 9.47 Å². The molecule has 0 aliphatic heterocycles. The van der Waals surface area contributed by atoms with E-state index in [0.717, 1.165) is 14.7 Å². The van der Waals surface area contributed by atoms with E-state index < -0.39 is 0 Å². The van der Waals surface area contributed by atoms with Gasteiger partial charge >= 0.3 is 0 Å². The topological polar surface area (TPSA) is 52.8 Å². The molecule has 152 valence electrons. The number of carbonyl (C=O) groups is 1. The first-order valence-electron chi connectivity index (χ1n) is 9.34. The molecule has 0 aliphatic carbocycles. The molecular weight excluding hydrogens is 464 g/mol. The highest BCUT2D eigenvalue weighted by Crippen LogP contribution is 2.24. The molecule has 0 saturated carbocycles. The van der Waals surface area contributed by atoms with Crippen LogP contribution in [0.1, 0.15) is 10.4 Å². The zero-order chi connectivity index (χ0) is 20.9. The number of halogens is 1. The molecule has 5 nitrogen and oxygen atoms in total. The smallest absolute Gasteiger partial charge is 0.279 e. The second-order valence-electron chi connectivity index (χ2n) is 6.50. The van der Waals surface area contributed by atoms with Crippen molar-refractivity contribution in [2.24, 2.45) is 4.99 Å². The summed E-state index contributed by atoms with van der Waals surface area (Å²) in [5.41, 5.74) is 1.49. The molecule has 4 aromatic rings. The Bertz CT molecular complexity index is 1250. The summed E-state index contributed by atoms with van der Waals surface area (Å²) in [7, 11) is 1.66. The lowest BCUT2D eigenvalue weighted by Crippen LogP contribution is -2.19. The van der Waals surface area contributed by atoms with Gasteiger partial charge in [0.25, 0.3) is 5.91 Å². The lowest BCUT2D eigenvalue weighted by atomic mass is 10.2. The molecule has 1 heterocycles. The maximum atomic E-state index is 12.9. The quantitative estimate of drug-likeness (QED) is 0.357. The minimum atomic E-state index is -0.315. The zero-order valence-corrected chi connectivity index (χ0v) is 18.7. The van der Waals surface area contributed by atoms with Crippen LogP contribution < -0.4 is 9.54 Å². The third-order valence-electron chi connectivity index (χ3n) is 4.42. The highest BCUT2D eigenvalue weighted by molar-refractivity contribution is 9.10. The third-order valence-corrected chi connectivity index (χ3v) is 5.96. The number of carbonyl (C=O) groups excluding carboxylic acids is 1. The Kier molecular flexibility index (Phi) is 6.42. The Morgan fingerprint density at radius 3 is 2.63 bits per heavy atom. The van der Waals surface area contributed by atoms with Gasteiger partial charge in [-0.05, 0) is 48.5 Å². The van der Waals surface area contributed by atoms with Gasteiger partial charge in [-0.25, -0.2) is 0 Å². The van der Waals surface area contributed by atoms with Gasteiger partial charge in [0.15, 0.2) is 4.80 Å². The van der Waals surface area contributed by atoms with Crippen molar-refractivity contribution >= 4 is 43.4 Å². The predicted octanol–water partition coefficient (Wildman–Crippen LogP) is 5.65. The van der Waals surface area contributed by atoms with Crippen LogP contribution in [-0.2, 0) is 11.3 Å². The van der Waals surface area contributed by atoms with Crippen molar-refractivity contribution in [3.8, 4) is 11.5 Å². The molecule has 1 amide bonds. The molecule has 3 aromatic carbocycles. The zero-order valence-electron chi connectivity index (χ0n) is 16.2. The van der Waals surface area contributed by atoms with E-state index in [2.05, 4.69) is 20.9 Å². The molecule has 0 unspecified atom stereocenters. The lowest BCUT2D eigenvalue weighted by Gasteiger charge is -2.06. The van der Waals surface area contributed by atoms with Crippen molar-refractivity contribution in [3.63, 3.8) is 0 Å². The van der Waals surface area contributed by atoms with E-state index in [9.17, 15) is 4.79 Å². The minimum absolute atomic E-state index is 0.315. The molecule has 7 heteroatoms. The molecule has 0 fully saturated rings. The first kappa shape index (κ1) is 20.5. The van der Waals surface area contributed by atoms with Crippen LogP contribution in [0.2, 0.25) is 0 Å². The molecule has 0 radical (unpaired) electrons. The van der Waals surface area contributed by atoms with Crippen LogP contribution in [-0.4, -0.2) is 24.2 Å². The lowest BCUT2D eigenvalue weighted by molar-refractivity contribution is 0.0997. The first-order valence-corrected chi connectivity index (χ1v) is 10.9. The van der Waals surface area contributed by atoms with Gasteiger partial charge in [0.2, 0.25) is 0 Å². The van der Waals surface area contributed by atoms with Crippen molar-refractivity contribution in [1.29, 1.82) is 0 Å². The van der Waals surface area contributed by atoms with Crippen LogP contribution in [0.15, 0.2) is 82.3 Å². The summed E-state index contributed by atoms with van der Waals surface area (Å²) >= 11 is 4.98. The summed E-state index contributed by atoms with van der Waals surface area (Å²) in [6.07, 6.45) is 0. The fourth-order valence-electron chi connectivity index (χ4n) is 3.00. The molecule has 0 bridgehead atoms. The van der Waals surface area contributed by atoms with Crippen molar-refractivity contribution < 1.29 is 14.3 Å². The van der Waals surface area contributed by atoms with Crippen LogP contribution in [0.5, 0.6) is 11.5 Å². The van der Waals surface area contributed by atoms with E-state index in [0.29, 0.717) is 35.0 Å². The van der Waals surface area contributed by atoms with Crippen LogP contribution in [0.4, 0.5) is 0 Å². The summed E-state index contributed by atoms with van der Waals surface area (Å²) in [6, 6.07) is 22.6. The second kappa shape index (κ2) is 9.38.